The molecule has 0 aliphatic rings. The lowest BCUT2D eigenvalue weighted by Crippen LogP contribution is -2.16. The summed E-state index contributed by atoms with van der Waals surface area (Å²) in [5.41, 5.74) is -0.109. The molecule has 0 spiro atoms. The van der Waals surface area contributed by atoms with Gasteiger partial charge in [0.1, 0.15) is 5.57 Å². The maximum atomic E-state index is 11.0. The fraction of sp³-hybridized carbons (Fsp3) is 0.429. The van der Waals surface area contributed by atoms with Crippen LogP contribution in [0, 0.1) is 5.41 Å². The Morgan fingerprint density at radius 3 is 2.42 bits per heavy atom. The van der Waals surface area contributed by atoms with Crippen LogP contribution in [0.25, 0.3) is 0 Å². The van der Waals surface area contributed by atoms with Crippen LogP contribution < -0.4 is 0 Å². The van der Waals surface area contributed by atoms with E-state index < -0.39 is 5.97 Å². The van der Waals surface area contributed by atoms with Gasteiger partial charge in [0.05, 0.1) is 10.3 Å². The summed E-state index contributed by atoms with van der Waals surface area (Å²) >= 11 is 8.33. The van der Waals surface area contributed by atoms with Gasteiger partial charge in [0, 0.05) is 0 Å². The van der Waals surface area contributed by atoms with Crippen molar-refractivity contribution in [1.82, 2.24) is 0 Å². The summed E-state index contributed by atoms with van der Waals surface area (Å²) < 4.78 is 4.79. The van der Waals surface area contributed by atoms with Crippen molar-refractivity contribution in [2.24, 2.45) is 0 Å². The third-order valence-corrected chi connectivity index (χ3v) is 1.31. The highest BCUT2D eigenvalue weighted by Gasteiger charge is 2.14. The van der Waals surface area contributed by atoms with Gasteiger partial charge in [0.25, 0.3) is 0 Å². The quantitative estimate of drug-likeness (QED) is 0.239. The van der Waals surface area contributed by atoms with E-state index in [0.717, 1.165) is 0 Å². The standard InChI is InChI=1S/C7H9NO2S2/c1-4(2)10-6(9)5(3-8)7(11)12/h4,8H,1-2H3,(H,11,12). The number of esters is 1. The van der Waals surface area contributed by atoms with Crippen molar-refractivity contribution in [3.05, 3.63) is 5.57 Å². The first-order chi connectivity index (χ1) is 5.49. The molecule has 0 aliphatic carbocycles. The first kappa shape index (κ1) is 11.4. The van der Waals surface area contributed by atoms with E-state index in [1.165, 1.54) is 0 Å². The number of ether oxygens (including phenoxy) is 1. The summed E-state index contributed by atoms with van der Waals surface area (Å²) in [5.74, 6) is 1.23. The molecule has 66 valence electrons. The molecule has 3 nitrogen and oxygen atoms in total. The highest BCUT2D eigenvalue weighted by Crippen LogP contribution is 2.03. The van der Waals surface area contributed by atoms with Crippen LogP contribution in [0.3, 0.4) is 0 Å². The Morgan fingerprint density at radius 2 is 2.17 bits per heavy atom. The molecule has 0 fully saturated rings. The van der Waals surface area contributed by atoms with Gasteiger partial charge in [-0.15, -0.1) is 12.6 Å². The van der Waals surface area contributed by atoms with E-state index in [2.05, 4.69) is 24.8 Å². The Kier molecular flexibility index (Phi) is 4.81. The third-order valence-electron chi connectivity index (χ3n) is 0.886. The molecular weight excluding hydrogens is 194 g/mol. The second-order valence-electron chi connectivity index (χ2n) is 2.26. The molecular formula is C7H9NO2S2. The number of thiocarbonyl (C=S) groups is 1. The Hall–Kier alpha value is -0.640. The maximum absolute atomic E-state index is 11.0. The summed E-state index contributed by atoms with van der Waals surface area (Å²) in [6.45, 7) is 3.42. The zero-order chi connectivity index (χ0) is 9.72. The average Bonchev–Trinajstić information content (AvgIpc) is 1.85. The monoisotopic (exact) mass is 203 g/mol. The van der Waals surface area contributed by atoms with Gasteiger partial charge in [0.15, 0.2) is 0 Å². The number of nitrogens with one attached hydrogen (secondary N) is 1. The highest BCUT2D eigenvalue weighted by molar-refractivity contribution is 8.12. The number of rotatable bonds is 3. The minimum Gasteiger partial charge on any atom is -0.459 e. The fourth-order valence-electron chi connectivity index (χ4n) is 0.465. The van der Waals surface area contributed by atoms with Crippen molar-refractivity contribution in [2.75, 3.05) is 0 Å². The lowest BCUT2D eigenvalue weighted by atomic mass is 10.3. The van der Waals surface area contributed by atoms with E-state index in [9.17, 15) is 4.79 Å². The second-order valence-corrected chi connectivity index (χ2v) is 3.42. The number of carbonyl (C=O) groups excluding carboxylic acids is 1. The van der Waals surface area contributed by atoms with Gasteiger partial charge < -0.3 is 4.74 Å². The molecule has 0 saturated carbocycles. The Labute approximate surface area is 81.7 Å². The predicted molar refractivity (Wildman–Crippen MR) is 54.1 cm³/mol. The molecule has 0 aromatic rings. The topological polar surface area (TPSA) is 50.2 Å². The zero-order valence-electron chi connectivity index (χ0n) is 6.75. The number of hydrogen-bond acceptors (Lipinski definition) is 4. The Bertz CT molecular complexity index is 254. The van der Waals surface area contributed by atoms with E-state index in [0.29, 0.717) is 0 Å². The summed E-state index contributed by atoms with van der Waals surface area (Å²) in [7, 11) is 0. The molecule has 0 saturated heterocycles. The van der Waals surface area contributed by atoms with Crippen LogP contribution in [0.4, 0.5) is 0 Å². The van der Waals surface area contributed by atoms with Gasteiger partial charge in [-0.3, -0.25) is 5.41 Å². The maximum Gasteiger partial charge on any atom is 0.349 e. The summed E-state index contributed by atoms with van der Waals surface area (Å²) in [4.78, 5) is 11.0. The molecule has 0 bridgehead atoms. The molecule has 1 N–H and O–H groups in total. The van der Waals surface area contributed by atoms with E-state index in [4.69, 9.17) is 10.1 Å². The van der Waals surface area contributed by atoms with E-state index in [-0.39, 0.29) is 15.9 Å². The number of carbonyl (C=O) groups is 1. The van der Waals surface area contributed by atoms with Crippen LogP contribution >= 0.6 is 24.8 Å². The molecule has 5 heteroatoms. The molecule has 0 unspecified atom stereocenters. The molecule has 0 aromatic heterocycles. The number of hydrogen-bond donors (Lipinski definition) is 2. The Balaban J connectivity index is 4.47. The van der Waals surface area contributed by atoms with Crippen molar-refractivity contribution in [1.29, 1.82) is 5.41 Å². The summed E-state index contributed by atoms with van der Waals surface area (Å²) in [6.07, 6.45) is -0.233. The van der Waals surface area contributed by atoms with Gasteiger partial charge in [-0.25, -0.2) is 4.79 Å². The highest BCUT2D eigenvalue weighted by atomic mass is 32.1. The minimum absolute atomic E-state index is 0.0238. The van der Waals surface area contributed by atoms with Gasteiger partial charge >= 0.3 is 5.97 Å². The molecule has 0 radical (unpaired) electrons. The van der Waals surface area contributed by atoms with E-state index in [1.807, 2.05) is 5.87 Å². The largest absolute Gasteiger partial charge is 0.459 e. The normalized spacial score (nSPS) is 9.00. The fourth-order valence-corrected chi connectivity index (χ4v) is 0.746. The van der Waals surface area contributed by atoms with Gasteiger partial charge in [-0.05, 0) is 19.7 Å². The van der Waals surface area contributed by atoms with Crippen LogP contribution in [0.15, 0.2) is 5.57 Å². The Morgan fingerprint density at radius 1 is 1.67 bits per heavy atom. The molecule has 0 amide bonds. The first-order valence-electron chi connectivity index (χ1n) is 3.23. The van der Waals surface area contributed by atoms with Crippen LogP contribution in [0.2, 0.25) is 0 Å². The van der Waals surface area contributed by atoms with Gasteiger partial charge in [-0.1, -0.05) is 12.2 Å². The van der Waals surface area contributed by atoms with E-state index in [1.54, 1.807) is 13.8 Å². The van der Waals surface area contributed by atoms with Crippen LogP contribution in [0.1, 0.15) is 13.8 Å². The smallest absolute Gasteiger partial charge is 0.349 e. The molecule has 0 atom stereocenters. The van der Waals surface area contributed by atoms with Crippen molar-refractivity contribution >= 4 is 40.9 Å². The molecule has 0 heterocycles. The average molecular weight is 203 g/mol. The second kappa shape index (κ2) is 5.09. The lowest BCUT2D eigenvalue weighted by Gasteiger charge is -2.06. The molecule has 0 rings (SSSR count). The van der Waals surface area contributed by atoms with Gasteiger partial charge in [0.2, 0.25) is 0 Å². The lowest BCUT2D eigenvalue weighted by molar-refractivity contribution is -0.141. The van der Waals surface area contributed by atoms with Crippen molar-refractivity contribution in [2.45, 2.75) is 20.0 Å². The molecule has 0 aromatic carbocycles. The predicted octanol–water partition coefficient (Wildman–Crippen LogP) is 1.37. The first-order valence-corrected chi connectivity index (χ1v) is 4.08. The van der Waals surface area contributed by atoms with Gasteiger partial charge in [-0.2, -0.15) is 0 Å². The zero-order valence-corrected chi connectivity index (χ0v) is 8.46. The van der Waals surface area contributed by atoms with Crippen LogP contribution in [-0.2, 0) is 9.53 Å². The summed E-state index contributed by atoms with van der Waals surface area (Å²) in [5, 5.41) is 6.74. The number of thiol groups is 1. The van der Waals surface area contributed by atoms with Crippen molar-refractivity contribution in [3.63, 3.8) is 0 Å². The third kappa shape index (κ3) is 3.67. The summed E-state index contributed by atoms with van der Waals surface area (Å²) in [6, 6.07) is 0. The van der Waals surface area contributed by atoms with E-state index >= 15 is 0 Å². The van der Waals surface area contributed by atoms with Crippen LogP contribution in [0.5, 0.6) is 0 Å². The van der Waals surface area contributed by atoms with Crippen molar-refractivity contribution in [3.8, 4) is 0 Å². The molecule has 12 heavy (non-hydrogen) atoms. The van der Waals surface area contributed by atoms with Crippen molar-refractivity contribution < 1.29 is 9.53 Å². The van der Waals surface area contributed by atoms with Crippen LogP contribution in [-0.4, -0.2) is 22.1 Å². The molecule has 0 aliphatic heterocycles. The minimum atomic E-state index is -0.653. The SMILES string of the molecule is CC(C)OC(=O)C(=C=N)C(=S)S.